The van der Waals surface area contributed by atoms with Crippen molar-refractivity contribution in [2.75, 3.05) is 54.0 Å². The number of hydrogen-bond acceptors (Lipinski definition) is 5. The molecule has 8 heteroatoms. The van der Waals surface area contributed by atoms with E-state index in [1.165, 1.54) is 0 Å². The number of nitrogens with one attached hydrogen (secondary N) is 1. The highest BCUT2D eigenvalue weighted by atomic mass is 35.5. The van der Waals surface area contributed by atoms with E-state index < -0.39 is 0 Å². The molecule has 0 spiro atoms. The lowest BCUT2D eigenvalue weighted by atomic mass is 10.1. The van der Waals surface area contributed by atoms with Crippen LogP contribution in [0.5, 0.6) is 11.5 Å². The Hall–Kier alpha value is -1.99. The molecule has 0 aliphatic carbocycles. The van der Waals surface area contributed by atoms with E-state index in [1.54, 1.807) is 14.2 Å². The van der Waals surface area contributed by atoms with Gasteiger partial charge in [0.2, 0.25) is 11.8 Å². The molecule has 1 N–H and O–H groups in total. The van der Waals surface area contributed by atoms with Crippen LogP contribution in [0.4, 0.5) is 0 Å². The Morgan fingerprint density at radius 1 is 1.21 bits per heavy atom. The highest BCUT2D eigenvalue weighted by molar-refractivity contribution is 5.89. The Morgan fingerprint density at radius 3 is 2.66 bits per heavy atom. The van der Waals surface area contributed by atoms with E-state index in [1.807, 2.05) is 35.0 Å². The van der Waals surface area contributed by atoms with E-state index in [-0.39, 0.29) is 30.1 Å². The lowest BCUT2D eigenvalue weighted by Crippen LogP contribution is -2.36. The maximum absolute atomic E-state index is 12.8. The lowest BCUT2D eigenvalue weighted by molar-refractivity contribution is -0.135. The van der Waals surface area contributed by atoms with Crippen LogP contribution in [0.3, 0.4) is 0 Å². The van der Waals surface area contributed by atoms with E-state index in [4.69, 9.17) is 9.47 Å². The highest BCUT2D eigenvalue weighted by Crippen LogP contribution is 2.28. The molecule has 162 valence electrons. The van der Waals surface area contributed by atoms with Crippen molar-refractivity contribution in [3.63, 3.8) is 0 Å². The van der Waals surface area contributed by atoms with Crippen molar-refractivity contribution in [1.29, 1.82) is 0 Å². The fraction of sp³-hybridized carbons (Fsp3) is 0.619. The summed E-state index contributed by atoms with van der Waals surface area (Å²) in [5.41, 5.74) is 1.08. The van der Waals surface area contributed by atoms with Gasteiger partial charge in [0, 0.05) is 32.6 Å². The third-order valence-corrected chi connectivity index (χ3v) is 5.77. The van der Waals surface area contributed by atoms with Gasteiger partial charge in [-0.15, -0.1) is 12.4 Å². The average molecular weight is 426 g/mol. The lowest BCUT2D eigenvalue weighted by Gasteiger charge is -2.21. The summed E-state index contributed by atoms with van der Waals surface area (Å²) in [4.78, 5) is 29.0. The molecule has 2 aliphatic heterocycles. The molecule has 7 nitrogen and oxygen atoms in total. The van der Waals surface area contributed by atoms with Crippen LogP contribution in [-0.4, -0.2) is 75.6 Å². The summed E-state index contributed by atoms with van der Waals surface area (Å²) in [6.45, 7) is 3.68. The number of nitrogens with zero attached hydrogens (tertiary/aromatic N) is 2. The van der Waals surface area contributed by atoms with Gasteiger partial charge >= 0.3 is 0 Å². The van der Waals surface area contributed by atoms with Gasteiger partial charge in [0.05, 0.1) is 20.1 Å². The number of halogens is 1. The first-order chi connectivity index (χ1) is 13.5. The third-order valence-electron chi connectivity index (χ3n) is 5.77. The molecule has 1 aromatic carbocycles. The maximum atomic E-state index is 12.8. The fourth-order valence-corrected chi connectivity index (χ4v) is 4.20. The van der Waals surface area contributed by atoms with Crippen LogP contribution in [0.1, 0.15) is 18.4 Å². The first kappa shape index (κ1) is 23.3. The number of hydrogen-bond donors (Lipinski definition) is 1. The molecule has 2 amide bonds. The van der Waals surface area contributed by atoms with Crippen molar-refractivity contribution in [3.8, 4) is 11.5 Å². The van der Waals surface area contributed by atoms with Crippen molar-refractivity contribution >= 4 is 24.2 Å². The number of likely N-dealkylation sites (tertiary alicyclic amines) is 2. The van der Waals surface area contributed by atoms with Crippen molar-refractivity contribution in [2.24, 2.45) is 11.8 Å². The zero-order valence-corrected chi connectivity index (χ0v) is 18.3. The fourth-order valence-electron chi connectivity index (χ4n) is 4.20. The minimum atomic E-state index is -0.203. The first-order valence-electron chi connectivity index (χ1n) is 9.97. The zero-order valence-electron chi connectivity index (χ0n) is 17.5. The van der Waals surface area contributed by atoms with Gasteiger partial charge in [-0.25, -0.2) is 0 Å². The van der Waals surface area contributed by atoms with Gasteiger partial charge < -0.3 is 24.6 Å². The van der Waals surface area contributed by atoms with Crippen molar-refractivity contribution < 1.29 is 19.1 Å². The van der Waals surface area contributed by atoms with Gasteiger partial charge in [-0.05, 0) is 50.0 Å². The molecule has 1 aromatic rings. The van der Waals surface area contributed by atoms with Crippen LogP contribution in [0.2, 0.25) is 0 Å². The maximum Gasteiger partial charge on any atom is 0.228 e. The molecule has 2 unspecified atom stereocenters. The van der Waals surface area contributed by atoms with Crippen molar-refractivity contribution in [2.45, 2.75) is 19.3 Å². The van der Waals surface area contributed by atoms with Crippen LogP contribution in [0, 0.1) is 11.8 Å². The number of benzene rings is 1. The predicted molar refractivity (Wildman–Crippen MR) is 114 cm³/mol. The Labute approximate surface area is 179 Å². The predicted octanol–water partition coefficient (Wildman–Crippen LogP) is 1.58. The average Bonchev–Trinajstić information content (AvgIpc) is 3.32. The molecule has 0 bridgehead atoms. The van der Waals surface area contributed by atoms with Gasteiger partial charge in [-0.3, -0.25) is 9.59 Å². The molecule has 2 saturated heterocycles. The van der Waals surface area contributed by atoms with E-state index in [0.29, 0.717) is 36.9 Å². The summed E-state index contributed by atoms with van der Waals surface area (Å²) in [5.74, 6) is 1.91. The van der Waals surface area contributed by atoms with Crippen molar-refractivity contribution in [3.05, 3.63) is 23.8 Å². The molecule has 2 aliphatic rings. The van der Waals surface area contributed by atoms with Crippen LogP contribution in [0.25, 0.3) is 0 Å². The summed E-state index contributed by atoms with van der Waals surface area (Å²) in [6, 6.07) is 5.80. The van der Waals surface area contributed by atoms with E-state index >= 15 is 0 Å². The smallest absolute Gasteiger partial charge is 0.228 e. The number of carbonyl (C=O) groups is 2. The Balaban J connectivity index is 0.00000300. The molecule has 0 saturated carbocycles. The quantitative estimate of drug-likeness (QED) is 0.684. The minimum Gasteiger partial charge on any atom is -0.493 e. The van der Waals surface area contributed by atoms with Crippen LogP contribution >= 0.6 is 12.4 Å². The third kappa shape index (κ3) is 5.54. The second-order valence-electron chi connectivity index (χ2n) is 7.68. The van der Waals surface area contributed by atoms with Gasteiger partial charge in [-0.2, -0.15) is 0 Å². The first-order valence-corrected chi connectivity index (χ1v) is 9.97. The van der Waals surface area contributed by atoms with Crippen LogP contribution < -0.4 is 14.8 Å². The van der Waals surface area contributed by atoms with Crippen LogP contribution in [0.15, 0.2) is 18.2 Å². The largest absolute Gasteiger partial charge is 0.493 e. The van der Waals surface area contributed by atoms with E-state index in [0.717, 1.165) is 38.0 Å². The standard InChI is InChI=1S/C21H31N3O4.ClH/c1-22-12-16-7-9-24(13-16)21(26)17-11-20(25)23(14-17)8-6-15-4-5-18(27-2)19(10-15)28-3;/h4-5,10,16-17,22H,6-9,11-14H2,1-3H3;1H. The number of methoxy groups -OCH3 is 2. The van der Waals surface area contributed by atoms with Gasteiger partial charge in [0.15, 0.2) is 11.5 Å². The monoisotopic (exact) mass is 425 g/mol. The molecule has 2 fully saturated rings. The molecule has 0 radical (unpaired) electrons. The van der Waals surface area contributed by atoms with Crippen LogP contribution in [-0.2, 0) is 16.0 Å². The Morgan fingerprint density at radius 2 is 1.97 bits per heavy atom. The number of rotatable bonds is 8. The number of ether oxygens (including phenoxy) is 2. The molecule has 2 atom stereocenters. The molecular formula is C21H32ClN3O4. The summed E-state index contributed by atoms with van der Waals surface area (Å²) >= 11 is 0. The summed E-state index contributed by atoms with van der Waals surface area (Å²) in [7, 11) is 5.16. The van der Waals surface area contributed by atoms with Gasteiger partial charge in [0.1, 0.15) is 0 Å². The second kappa shape index (κ2) is 10.7. The highest BCUT2D eigenvalue weighted by Gasteiger charge is 2.38. The molecule has 3 rings (SSSR count). The van der Waals surface area contributed by atoms with Gasteiger partial charge in [-0.1, -0.05) is 6.07 Å². The zero-order chi connectivity index (χ0) is 20.1. The topological polar surface area (TPSA) is 71.1 Å². The minimum absolute atomic E-state index is 0. The summed E-state index contributed by atoms with van der Waals surface area (Å²) in [5, 5.41) is 3.18. The van der Waals surface area contributed by atoms with E-state index in [2.05, 4.69) is 5.32 Å². The molecular weight excluding hydrogens is 394 g/mol. The molecule has 2 heterocycles. The molecule has 29 heavy (non-hydrogen) atoms. The Kier molecular flexibility index (Phi) is 8.59. The summed E-state index contributed by atoms with van der Waals surface area (Å²) < 4.78 is 10.6. The normalized spacial score (nSPS) is 21.3. The van der Waals surface area contributed by atoms with Gasteiger partial charge in [0.25, 0.3) is 0 Å². The Bertz CT molecular complexity index is 715. The SMILES string of the molecule is CNCC1CCN(C(=O)C2CC(=O)N(CCc3ccc(OC)c(OC)c3)C2)C1.Cl. The molecule has 0 aromatic heterocycles. The van der Waals surface area contributed by atoms with E-state index in [9.17, 15) is 9.59 Å². The second-order valence-corrected chi connectivity index (χ2v) is 7.68. The van der Waals surface area contributed by atoms with Crippen molar-refractivity contribution in [1.82, 2.24) is 15.1 Å². The number of amides is 2. The summed E-state index contributed by atoms with van der Waals surface area (Å²) in [6.07, 6.45) is 2.09. The number of carbonyl (C=O) groups excluding carboxylic acids is 2.